The average molecular weight is 232 g/mol. The zero-order valence-electron chi connectivity index (χ0n) is 9.62. The molecule has 1 aromatic rings. The van der Waals surface area contributed by atoms with Gasteiger partial charge in [-0.1, -0.05) is 6.07 Å². The van der Waals surface area contributed by atoms with Crippen LogP contribution in [-0.2, 0) is 6.54 Å². The number of amides is 2. The second kappa shape index (κ2) is 4.25. The van der Waals surface area contributed by atoms with Crippen molar-refractivity contribution in [2.75, 3.05) is 36.4 Å². The molecule has 2 aliphatic rings. The third-order valence-corrected chi connectivity index (χ3v) is 3.26. The van der Waals surface area contributed by atoms with Crippen molar-refractivity contribution in [1.29, 1.82) is 0 Å². The number of carbonyl (C=O) groups excluding carboxylic acids is 1. The van der Waals surface area contributed by atoms with Gasteiger partial charge in [0.1, 0.15) is 0 Å². The number of carbonyl (C=O) groups is 1. The minimum Gasteiger partial charge on any atom is -0.369 e. The van der Waals surface area contributed by atoms with Gasteiger partial charge in [-0.25, -0.2) is 4.79 Å². The first kappa shape index (κ1) is 10.4. The molecule has 0 radical (unpaired) electrons. The van der Waals surface area contributed by atoms with Crippen LogP contribution in [0.4, 0.5) is 16.2 Å². The third kappa shape index (κ3) is 2.06. The highest BCUT2D eigenvalue weighted by atomic mass is 16.2. The largest absolute Gasteiger partial charge is 0.369 e. The molecular formula is C12H16N4O. The lowest BCUT2D eigenvalue weighted by atomic mass is 10.1. The van der Waals surface area contributed by atoms with E-state index in [0.29, 0.717) is 6.54 Å². The Kier molecular flexibility index (Phi) is 2.60. The molecule has 5 nitrogen and oxygen atoms in total. The monoisotopic (exact) mass is 232 g/mol. The van der Waals surface area contributed by atoms with Gasteiger partial charge in [-0.05, 0) is 17.7 Å². The smallest absolute Gasteiger partial charge is 0.319 e. The van der Waals surface area contributed by atoms with E-state index in [-0.39, 0.29) is 6.03 Å². The van der Waals surface area contributed by atoms with Gasteiger partial charge in [0.15, 0.2) is 0 Å². The number of hydrogen-bond donors (Lipinski definition) is 3. The maximum atomic E-state index is 11.3. The number of rotatable bonds is 1. The predicted molar refractivity (Wildman–Crippen MR) is 67.4 cm³/mol. The molecule has 90 valence electrons. The van der Waals surface area contributed by atoms with Crippen LogP contribution in [0.15, 0.2) is 18.2 Å². The second-order valence-corrected chi connectivity index (χ2v) is 4.39. The van der Waals surface area contributed by atoms with Gasteiger partial charge < -0.3 is 20.9 Å². The molecular weight excluding hydrogens is 216 g/mol. The molecule has 2 aliphatic heterocycles. The van der Waals surface area contributed by atoms with E-state index in [9.17, 15) is 4.79 Å². The minimum absolute atomic E-state index is 0.116. The van der Waals surface area contributed by atoms with Gasteiger partial charge in [-0.2, -0.15) is 0 Å². The minimum atomic E-state index is -0.116. The fourth-order valence-electron chi connectivity index (χ4n) is 2.30. The molecule has 0 saturated carbocycles. The van der Waals surface area contributed by atoms with E-state index in [1.165, 1.54) is 5.69 Å². The van der Waals surface area contributed by atoms with E-state index in [4.69, 9.17) is 0 Å². The molecule has 2 heterocycles. The van der Waals surface area contributed by atoms with Crippen LogP contribution >= 0.6 is 0 Å². The number of nitrogens with zero attached hydrogens (tertiary/aromatic N) is 1. The molecule has 0 aliphatic carbocycles. The van der Waals surface area contributed by atoms with E-state index in [0.717, 1.165) is 37.4 Å². The van der Waals surface area contributed by atoms with Gasteiger partial charge in [0.05, 0.1) is 0 Å². The van der Waals surface area contributed by atoms with E-state index < -0.39 is 0 Å². The number of fused-ring (bicyclic) bond motifs is 1. The highest BCUT2D eigenvalue weighted by molar-refractivity contribution is 5.92. The maximum absolute atomic E-state index is 11.3. The molecule has 3 N–H and O–H groups in total. The number of piperazine rings is 1. The van der Waals surface area contributed by atoms with Crippen LogP contribution in [0.1, 0.15) is 5.56 Å². The number of nitrogens with one attached hydrogen (secondary N) is 3. The molecule has 1 aromatic carbocycles. The fourth-order valence-corrected chi connectivity index (χ4v) is 2.30. The first-order valence-electron chi connectivity index (χ1n) is 5.96. The fraction of sp³-hybridized carbons (Fsp3) is 0.417. The number of anilines is 2. The van der Waals surface area contributed by atoms with E-state index >= 15 is 0 Å². The van der Waals surface area contributed by atoms with E-state index in [1.807, 2.05) is 0 Å². The Labute approximate surface area is 100 Å². The van der Waals surface area contributed by atoms with Gasteiger partial charge in [0.2, 0.25) is 0 Å². The van der Waals surface area contributed by atoms with Gasteiger partial charge in [0, 0.05) is 44.1 Å². The molecule has 1 fully saturated rings. The normalized spacial score (nSPS) is 19.3. The van der Waals surface area contributed by atoms with Crippen LogP contribution in [0.5, 0.6) is 0 Å². The average Bonchev–Trinajstić information content (AvgIpc) is 2.39. The maximum Gasteiger partial charge on any atom is 0.319 e. The number of hydrogen-bond acceptors (Lipinski definition) is 3. The van der Waals surface area contributed by atoms with Gasteiger partial charge in [0.25, 0.3) is 0 Å². The van der Waals surface area contributed by atoms with Crippen molar-refractivity contribution in [2.45, 2.75) is 6.54 Å². The Morgan fingerprint density at radius 3 is 2.82 bits per heavy atom. The topological polar surface area (TPSA) is 56.4 Å². The number of benzene rings is 1. The summed E-state index contributed by atoms with van der Waals surface area (Å²) in [7, 11) is 0. The van der Waals surface area contributed by atoms with Crippen LogP contribution in [0.2, 0.25) is 0 Å². The summed E-state index contributed by atoms with van der Waals surface area (Å²) in [5.41, 5.74) is 3.26. The molecule has 3 rings (SSSR count). The Hall–Kier alpha value is -1.75. The standard InChI is InChI=1S/C12H16N4O/c17-12-14-8-9-1-2-10(7-11(9)15-12)16-5-3-13-4-6-16/h1-2,7,13H,3-6,8H2,(H2,14,15,17). The molecule has 0 unspecified atom stereocenters. The van der Waals surface area contributed by atoms with Crippen LogP contribution < -0.4 is 20.9 Å². The zero-order valence-corrected chi connectivity index (χ0v) is 9.62. The summed E-state index contributed by atoms with van der Waals surface area (Å²) in [5.74, 6) is 0. The Bertz CT molecular complexity index is 440. The molecule has 5 heteroatoms. The van der Waals surface area contributed by atoms with Crippen molar-refractivity contribution in [1.82, 2.24) is 10.6 Å². The van der Waals surface area contributed by atoms with Crippen molar-refractivity contribution >= 4 is 17.4 Å². The van der Waals surface area contributed by atoms with Crippen molar-refractivity contribution in [3.8, 4) is 0 Å². The predicted octanol–water partition coefficient (Wildman–Crippen LogP) is 0.731. The summed E-state index contributed by atoms with van der Waals surface area (Å²) in [6.07, 6.45) is 0. The molecule has 0 aromatic heterocycles. The van der Waals surface area contributed by atoms with Crippen molar-refractivity contribution in [3.63, 3.8) is 0 Å². The molecule has 1 saturated heterocycles. The molecule has 0 spiro atoms. The molecule has 2 amide bonds. The first-order valence-corrected chi connectivity index (χ1v) is 5.96. The Morgan fingerprint density at radius 1 is 1.18 bits per heavy atom. The van der Waals surface area contributed by atoms with Gasteiger partial charge >= 0.3 is 6.03 Å². The lowest BCUT2D eigenvalue weighted by Gasteiger charge is -2.30. The summed E-state index contributed by atoms with van der Waals surface area (Å²) in [6.45, 7) is 4.69. The lowest BCUT2D eigenvalue weighted by Crippen LogP contribution is -2.43. The summed E-state index contributed by atoms with van der Waals surface area (Å²) in [5, 5.41) is 8.94. The van der Waals surface area contributed by atoms with Crippen LogP contribution in [0, 0.1) is 0 Å². The highest BCUT2D eigenvalue weighted by Gasteiger charge is 2.16. The quantitative estimate of drug-likeness (QED) is 0.669. The molecule has 0 bridgehead atoms. The van der Waals surface area contributed by atoms with Gasteiger partial charge in [-0.3, -0.25) is 0 Å². The van der Waals surface area contributed by atoms with Crippen LogP contribution in [0.3, 0.4) is 0 Å². The Morgan fingerprint density at radius 2 is 2.00 bits per heavy atom. The molecule has 17 heavy (non-hydrogen) atoms. The zero-order chi connectivity index (χ0) is 11.7. The second-order valence-electron chi connectivity index (χ2n) is 4.39. The highest BCUT2D eigenvalue weighted by Crippen LogP contribution is 2.25. The summed E-state index contributed by atoms with van der Waals surface area (Å²) in [4.78, 5) is 13.6. The lowest BCUT2D eigenvalue weighted by molar-refractivity contribution is 0.251. The van der Waals surface area contributed by atoms with Crippen molar-refractivity contribution < 1.29 is 4.79 Å². The Balaban J connectivity index is 1.86. The van der Waals surface area contributed by atoms with Gasteiger partial charge in [-0.15, -0.1) is 0 Å². The van der Waals surface area contributed by atoms with E-state index in [2.05, 4.69) is 39.0 Å². The van der Waals surface area contributed by atoms with Crippen LogP contribution in [-0.4, -0.2) is 32.2 Å². The first-order chi connectivity index (χ1) is 8.33. The number of urea groups is 1. The van der Waals surface area contributed by atoms with Crippen molar-refractivity contribution in [2.24, 2.45) is 0 Å². The SMILES string of the molecule is O=C1NCc2ccc(N3CCNCC3)cc2N1. The van der Waals surface area contributed by atoms with Crippen molar-refractivity contribution in [3.05, 3.63) is 23.8 Å². The summed E-state index contributed by atoms with van der Waals surface area (Å²) >= 11 is 0. The summed E-state index contributed by atoms with van der Waals surface area (Å²) < 4.78 is 0. The summed E-state index contributed by atoms with van der Waals surface area (Å²) in [6, 6.07) is 6.16. The molecule has 0 atom stereocenters. The van der Waals surface area contributed by atoms with E-state index in [1.54, 1.807) is 0 Å². The van der Waals surface area contributed by atoms with Crippen LogP contribution in [0.25, 0.3) is 0 Å². The third-order valence-electron chi connectivity index (χ3n) is 3.26.